The van der Waals surface area contributed by atoms with Crippen LogP contribution in [0.1, 0.15) is 44.4 Å². The van der Waals surface area contributed by atoms with Crippen molar-refractivity contribution in [2.75, 3.05) is 7.11 Å². The maximum Gasteiger partial charge on any atom is 0.216 e. The van der Waals surface area contributed by atoms with E-state index in [9.17, 15) is 0 Å². The number of hydrogen-bond acceptors (Lipinski definition) is 3. The summed E-state index contributed by atoms with van der Waals surface area (Å²) in [4.78, 5) is 0. The normalized spacial score (nSPS) is 22.4. The average Bonchev–Trinajstić information content (AvgIpc) is 2.75. The Kier molecular flexibility index (Phi) is 3.66. The van der Waals surface area contributed by atoms with Crippen LogP contribution >= 0.6 is 0 Å². The second-order valence-electron chi connectivity index (χ2n) is 6.01. The first-order valence-electron chi connectivity index (χ1n) is 6.75. The van der Waals surface area contributed by atoms with Gasteiger partial charge in [0, 0.05) is 19.6 Å². The van der Waals surface area contributed by atoms with E-state index in [4.69, 9.17) is 4.74 Å². The fourth-order valence-corrected chi connectivity index (χ4v) is 3.07. The first-order valence-corrected chi connectivity index (χ1v) is 6.75. The lowest BCUT2D eigenvalue weighted by Crippen LogP contribution is -2.37. The van der Waals surface area contributed by atoms with E-state index in [1.54, 1.807) is 7.11 Å². The third-order valence-corrected chi connectivity index (χ3v) is 4.26. The summed E-state index contributed by atoms with van der Waals surface area (Å²) in [7, 11) is 3.63. The minimum absolute atomic E-state index is 0.406. The summed E-state index contributed by atoms with van der Waals surface area (Å²) >= 11 is 0. The molecule has 1 saturated carbocycles. The molecule has 0 spiro atoms. The van der Waals surface area contributed by atoms with Gasteiger partial charge in [0.15, 0.2) is 0 Å². The minimum atomic E-state index is 0.406. The van der Waals surface area contributed by atoms with Gasteiger partial charge in [0.1, 0.15) is 0 Å². The number of hydrogen-bond donors (Lipinski definition) is 1. The van der Waals surface area contributed by atoms with E-state index in [1.807, 2.05) is 18.7 Å². The number of ether oxygens (including phenoxy) is 1. The lowest BCUT2D eigenvalue weighted by atomic mass is 9.87. The quantitative estimate of drug-likeness (QED) is 0.893. The molecule has 0 radical (unpaired) electrons. The van der Waals surface area contributed by atoms with Gasteiger partial charge in [0.2, 0.25) is 5.88 Å². The van der Waals surface area contributed by atoms with Crippen molar-refractivity contribution in [1.82, 2.24) is 15.1 Å². The molecule has 1 aliphatic carbocycles. The molecule has 1 aromatic rings. The van der Waals surface area contributed by atoms with Crippen LogP contribution in [0.15, 0.2) is 0 Å². The van der Waals surface area contributed by atoms with Gasteiger partial charge in [-0.3, -0.25) is 0 Å². The Bertz CT molecular complexity index is 423. The van der Waals surface area contributed by atoms with Crippen molar-refractivity contribution >= 4 is 0 Å². The van der Waals surface area contributed by atoms with E-state index >= 15 is 0 Å². The van der Waals surface area contributed by atoms with E-state index in [-0.39, 0.29) is 0 Å². The van der Waals surface area contributed by atoms with E-state index in [2.05, 4.69) is 24.3 Å². The zero-order valence-electron chi connectivity index (χ0n) is 12.2. The maximum atomic E-state index is 5.42. The number of aromatic nitrogens is 2. The summed E-state index contributed by atoms with van der Waals surface area (Å²) in [5.74, 6) is 0.871. The fourth-order valence-electron chi connectivity index (χ4n) is 3.07. The Morgan fingerprint density at radius 3 is 2.78 bits per heavy atom. The van der Waals surface area contributed by atoms with Crippen LogP contribution in [0.2, 0.25) is 0 Å². The second kappa shape index (κ2) is 4.92. The molecule has 1 aromatic heterocycles. The van der Waals surface area contributed by atoms with E-state index in [0.717, 1.165) is 18.1 Å². The molecule has 1 N–H and O–H groups in total. The first kappa shape index (κ1) is 13.4. The predicted octanol–water partition coefficient (Wildman–Crippen LogP) is 2.41. The third kappa shape index (κ3) is 2.39. The molecule has 0 amide bonds. The van der Waals surface area contributed by atoms with Gasteiger partial charge in [0.05, 0.1) is 18.4 Å². The molecule has 1 aliphatic rings. The zero-order chi connectivity index (χ0) is 13.3. The van der Waals surface area contributed by atoms with Gasteiger partial charge in [-0.15, -0.1) is 0 Å². The van der Waals surface area contributed by atoms with E-state index in [0.29, 0.717) is 11.5 Å². The van der Waals surface area contributed by atoms with Gasteiger partial charge in [-0.1, -0.05) is 20.3 Å². The highest BCUT2D eigenvalue weighted by Gasteiger charge is 2.34. The SMILES string of the molecule is COc1c(CNC2CCCC2(C)C)c(C)nn1C. The molecular weight excluding hydrogens is 226 g/mol. The van der Waals surface area contributed by atoms with Gasteiger partial charge in [-0.05, 0) is 25.2 Å². The van der Waals surface area contributed by atoms with E-state index < -0.39 is 0 Å². The molecule has 1 fully saturated rings. The standard InChI is InChI=1S/C14H25N3O/c1-10-11(13(18-5)17(4)16-10)9-15-12-7-6-8-14(12,2)3/h12,15H,6-9H2,1-5H3. The average molecular weight is 251 g/mol. The van der Waals surface area contributed by atoms with Crippen LogP contribution in [0.5, 0.6) is 5.88 Å². The Balaban J connectivity index is 2.06. The number of nitrogens with one attached hydrogen (secondary N) is 1. The van der Waals surface area contributed by atoms with Gasteiger partial charge in [-0.2, -0.15) is 5.10 Å². The van der Waals surface area contributed by atoms with Crippen molar-refractivity contribution in [1.29, 1.82) is 0 Å². The molecule has 2 rings (SSSR count). The smallest absolute Gasteiger partial charge is 0.216 e. The molecular formula is C14H25N3O. The molecule has 0 bridgehead atoms. The Labute approximate surface area is 110 Å². The summed E-state index contributed by atoms with van der Waals surface area (Å²) in [6, 6.07) is 0.599. The maximum absolute atomic E-state index is 5.42. The van der Waals surface area contributed by atoms with Crippen LogP contribution in [0.3, 0.4) is 0 Å². The molecule has 1 unspecified atom stereocenters. The van der Waals surface area contributed by atoms with Gasteiger partial charge in [0.25, 0.3) is 0 Å². The molecule has 18 heavy (non-hydrogen) atoms. The second-order valence-corrected chi connectivity index (χ2v) is 6.01. The Morgan fingerprint density at radius 2 is 2.22 bits per heavy atom. The van der Waals surface area contributed by atoms with Gasteiger partial charge >= 0.3 is 0 Å². The number of aryl methyl sites for hydroxylation is 2. The van der Waals surface area contributed by atoms with Crippen LogP contribution in [0.4, 0.5) is 0 Å². The fraction of sp³-hybridized carbons (Fsp3) is 0.786. The van der Waals surface area contributed by atoms with Crippen LogP contribution in [0, 0.1) is 12.3 Å². The summed E-state index contributed by atoms with van der Waals surface area (Å²) in [5, 5.41) is 8.10. The van der Waals surface area contributed by atoms with Gasteiger partial charge < -0.3 is 10.1 Å². The molecule has 4 heteroatoms. The molecule has 1 atom stereocenters. The third-order valence-electron chi connectivity index (χ3n) is 4.26. The van der Waals surface area contributed by atoms with Crippen LogP contribution < -0.4 is 10.1 Å². The van der Waals surface area contributed by atoms with Crippen molar-refractivity contribution < 1.29 is 4.74 Å². The van der Waals surface area contributed by atoms with Crippen molar-refractivity contribution in [2.24, 2.45) is 12.5 Å². The van der Waals surface area contributed by atoms with Crippen molar-refractivity contribution in [3.63, 3.8) is 0 Å². The van der Waals surface area contributed by atoms with Crippen molar-refractivity contribution in [3.05, 3.63) is 11.3 Å². The molecule has 0 aromatic carbocycles. The highest BCUT2D eigenvalue weighted by atomic mass is 16.5. The summed E-state index contributed by atoms with van der Waals surface area (Å²) in [6.07, 6.45) is 3.91. The van der Waals surface area contributed by atoms with Crippen LogP contribution in [-0.2, 0) is 13.6 Å². The predicted molar refractivity (Wildman–Crippen MR) is 72.8 cm³/mol. The van der Waals surface area contributed by atoms with E-state index in [1.165, 1.54) is 24.8 Å². The highest BCUT2D eigenvalue weighted by Crippen LogP contribution is 2.37. The largest absolute Gasteiger partial charge is 0.481 e. The Morgan fingerprint density at radius 1 is 1.50 bits per heavy atom. The number of methoxy groups -OCH3 is 1. The zero-order valence-corrected chi connectivity index (χ0v) is 12.2. The van der Waals surface area contributed by atoms with Crippen LogP contribution in [0.25, 0.3) is 0 Å². The summed E-state index contributed by atoms with van der Waals surface area (Å²) in [6.45, 7) is 7.59. The highest BCUT2D eigenvalue weighted by molar-refractivity contribution is 5.30. The summed E-state index contributed by atoms with van der Waals surface area (Å²) in [5.41, 5.74) is 2.64. The Hall–Kier alpha value is -1.03. The van der Waals surface area contributed by atoms with Gasteiger partial charge in [-0.25, -0.2) is 4.68 Å². The molecule has 4 nitrogen and oxygen atoms in total. The number of nitrogens with zero attached hydrogens (tertiary/aromatic N) is 2. The lowest BCUT2D eigenvalue weighted by Gasteiger charge is -2.28. The molecule has 102 valence electrons. The monoisotopic (exact) mass is 251 g/mol. The van der Waals surface area contributed by atoms with Crippen LogP contribution in [-0.4, -0.2) is 22.9 Å². The lowest BCUT2D eigenvalue weighted by molar-refractivity contribution is 0.280. The molecule has 1 heterocycles. The first-order chi connectivity index (χ1) is 8.45. The van der Waals surface area contributed by atoms with Crippen molar-refractivity contribution in [3.8, 4) is 5.88 Å². The molecule has 0 saturated heterocycles. The molecule has 0 aliphatic heterocycles. The minimum Gasteiger partial charge on any atom is -0.481 e. The number of rotatable bonds is 4. The topological polar surface area (TPSA) is 39.1 Å². The van der Waals surface area contributed by atoms with Crippen molar-refractivity contribution in [2.45, 2.75) is 52.6 Å². The summed E-state index contributed by atoms with van der Waals surface area (Å²) < 4.78 is 7.24.